The Kier molecular flexibility index (Phi) is 3.83. The van der Waals surface area contributed by atoms with Gasteiger partial charge in [0.1, 0.15) is 5.56 Å². The maximum atomic E-state index is 12.2. The molecule has 23 heavy (non-hydrogen) atoms. The number of aromatic amines is 1. The number of aromatic hydroxyl groups is 1. The van der Waals surface area contributed by atoms with Crippen LogP contribution < -0.4 is 5.56 Å². The molecule has 5 nitrogen and oxygen atoms in total. The first-order valence-electron chi connectivity index (χ1n) is 7.06. The van der Waals surface area contributed by atoms with Gasteiger partial charge in [0.15, 0.2) is 4.77 Å². The molecule has 3 rings (SSSR count). The van der Waals surface area contributed by atoms with Gasteiger partial charge < -0.3 is 5.11 Å². The van der Waals surface area contributed by atoms with Gasteiger partial charge >= 0.3 is 0 Å². The van der Waals surface area contributed by atoms with E-state index in [1.807, 2.05) is 31.2 Å². The quantitative estimate of drug-likeness (QED) is 0.671. The summed E-state index contributed by atoms with van der Waals surface area (Å²) in [7, 11) is 0. The lowest BCUT2D eigenvalue weighted by Crippen LogP contribution is -2.16. The molecule has 0 amide bonds. The van der Waals surface area contributed by atoms with Crippen molar-refractivity contribution in [3.8, 4) is 5.88 Å². The molecule has 1 aromatic heterocycles. The number of aliphatic imine (C=N–C) groups is 1. The van der Waals surface area contributed by atoms with Crippen LogP contribution >= 0.6 is 12.2 Å². The smallest absolute Gasteiger partial charge is 0.262 e. The SMILES string of the molecule is C=CCn1c(O)c(/C=C2\C(C)=Nc3ccccc32)c(=O)[nH]c1=S. The van der Waals surface area contributed by atoms with Crippen molar-refractivity contribution in [1.29, 1.82) is 0 Å². The van der Waals surface area contributed by atoms with Gasteiger partial charge in [0.05, 0.1) is 5.69 Å². The first-order valence-corrected chi connectivity index (χ1v) is 7.47. The minimum absolute atomic E-state index is 0.154. The zero-order valence-electron chi connectivity index (χ0n) is 12.5. The lowest BCUT2D eigenvalue weighted by atomic mass is 10.0. The van der Waals surface area contributed by atoms with Gasteiger partial charge in [-0.2, -0.15) is 0 Å². The Labute approximate surface area is 138 Å². The minimum Gasteiger partial charge on any atom is -0.494 e. The molecule has 2 aromatic rings. The van der Waals surface area contributed by atoms with E-state index in [2.05, 4.69) is 16.6 Å². The number of fused-ring (bicyclic) bond motifs is 1. The molecular weight excluding hydrogens is 310 g/mol. The van der Waals surface area contributed by atoms with Crippen LogP contribution in [0.5, 0.6) is 5.88 Å². The summed E-state index contributed by atoms with van der Waals surface area (Å²) in [6.45, 7) is 5.81. The van der Waals surface area contributed by atoms with E-state index in [1.165, 1.54) is 4.57 Å². The number of H-pyrrole nitrogens is 1. The van der Waals surface area contributed by atoms with Crippen molar-refractivity contribution in [3.63, 3.8) is 0 Å². The Balaban J connectivity index is 2.23. The number of benzene rings is 1. The third-order valence-electron chi connectivity index (χ3n) is 3.68. The van der Waals surface area contributed by atoms with Crippen LogP contribution in [-0.2, 0) is 6.54 Å². The van der Waals surface area contributed by atoms with E-state index in [1.54, 1.807) is 12.2 Å². The molecule has 0 radical (unpaired) electrons. The molecule has 0 unspecified atom stereocenters. The molecule has 0 bridgehead atoms. The molecule has 6 heteroatoms. The van der Waals surface area contributed by atoms with Gasteiger partial charge in [-0.05, 0) is 31.3 Å². The largest absolute Gasteiger partial charge is 0.494 e. The topological polar surface area (TPSA) is 70.4 Å². The molecule has 116 valence electrons. The summed E-state index contributed by atoms with van der Waals surface area (Å²) in [6.07, 6.45) is 3.25. The van der Waals surface area contributed by atoms with E-state index in [0.29, 0.717) is 6.54 Å². The summed E-state index contributed by atoms with van der Waals surface area (Å²) in [5, 5.41) is 10.4. The summed E-state index contributed by atoms with van der Waals surface area (Å²) < 4.78 is 1.58. The van der Waals surface area contributed by atoms with E-state index in [0.717, 1.165) is 22.5 Å². The van der Waals surface area contributed by atoms with Crippen molar-refractivity contribution in [3.05, 3.63) is 63.2 Å². The second kappa shape index (κ2) is 5.81. The van der Waals surface area contributed by atoms with Crippen molar-refractivity contribution < 1.29 is 5.11 Å². The molecule has 1 aromatic carbocycles. The highest BCUT2D eigenvalue weighted by Crippen LogP contribution is 2.35. The molecule has 2 N–H and O–H groups in total. The lowest BCUT2D eigenvalue weighted by Gasteiger charge is -2.10. The van der Waals surface area contributed by atoms with Gasteiger partial charge in [0, 0.05) is 23.4 Å². The number of allylic oxidation sites excluding steroid dienone is 2. The van der Waals surface area contributed by atoms with Crippen LogP contribution in [0.3, 0.4) is 0 Å². The minimum atomic E-state index is -0.433. The van der Waals surface area contributed by atoms with Crippen molar-refractivity contribution in [2.24, 2.45) is 4.99 Å². The van der Waals surface area contributed by atoms with Gasteiger partial charge in [0.25, 0.3) is 5.56 Å². The van der Waals surface area contributed by atoms with Crippen LogP contribution in [0, 0.1) is 4.77 Å². The van der Waals surface area contributed by atoms with E-state index in [4.69, 9.17) is 12.2 Å². The Morgan fingerprint density at radius 3 is 2.91 bits per heavy atom. The third kappa shape index (κ3) is 2.57. The molecule has 0 fully saturated rings. The molecule has 0 atom stereocenters. The first kappa shape index (κ1) is 15.2. The Hall–Kier alpha value is -2.73. The van der Waals surface area contributed by atoms with E-state index in [9.17, 15) is 9.90 Å². The summed E-state index contributed by atoms with van der Waals surface area (Å²) >= 11 is 5.08. The van der Waals surface area contributed by atoms with Crippen LogP contribution in [0.4, 0.5) is 5.69 Å². The molecular formula is C17H15N3O2S. The zero-order chi connectivity index (χ0) is 16.6. The average Bonchev–Trinajstić information content (AvgIpc) is 2.83. The Morgan fingerprint density at radius 1 is 1.43 bits per heavy atom. The monoisotopic (exact) mass is 325 g/mol. The fourth-order valence-electron chi connectivity index (χ4n) is 2.56. The van der Waals surface area contributed by atoms with Gasteiger partial charge in [-0.15, -0.1) is 6.58 Å². The number of aromatic nitrogens is 2. The van der Waals surface area contributed by atoms with Gasteiger partial charge in [-0.25, -0.2) is 0 Å². The van der Waals surface area contributed by atoms with Gasteiger partial charge in [-0.1, -0.05) is 24.3 Å². The summed E-state index contributed by atoms with van der Waals surface area (Å²) in [5.41, 5.74) is 3.11. The molecule has 1 aliphatic rings. The highest BCUT2D eigenvalue weighted by Gasteiger charge is 2.19. The maximum absolute atomic E-state index is 12.2. The lowest BCUT2D eigenvalue weighted by molar-refractivity contribution is 0.413. The number of hydrogen-bond acceptors (Lipinski definition) is 4. The standard InChI is InChI=1S/C17H15N3O2S/c1-3-8-20-16(22)13(15(21)19-17(20)23)9-12-10(2)18-14-7-5-4-6-11(12)14/h3-7,9,22H,1,8H2,2H3,(H,19,21,23)/b12-9+. The normalized spacial score (nSPS) is 14.7. The van der Waals surface area contributed by atoms with Gasteiger partial charge in [-0.3, -0.25) is 19.3 Å². The van der Waals surface area contributed by atoms with Crippen LogP contribution in [0.25, 0.3) is 11.6 Å². The van der Waals surface area contributed by atoms with Crippen molar-refractivity contribution in [2.45, 2.75) is 13.5 Å². The van der Waals surface area contributed by atoms with E-state index >= 15 is 0 Å². The Morgan fingerprint density at radius 2 is 2.17 bits per heavy atom. The van der Waals surface area contributed by atoms with Crippen LogP contribution in [0.2, 0.25) is 0 Å². The number of rotatable bonds is 3. The van der Waals surface area contributed by atoms with Crippen molar-refractivity contribution in [2.75, 3.05) is 0 Å². The van der Waals surface area contributed by atoms with Gasteiger partial charge in [0.2, 0.25) is 5.88 Å². The van der Waals surface area contributed by atoms with Crippen molar-refractivity contribution >= 4 is 35.3 Å². The summed E-state index contributed by atoms with van der Waals surface area (Å²) in [5.74, 6) is -0.177. The number of nitrogens with zero attached hydrogens (tertiary/aromatic N) is 2. The number of hydrogen-bond donors (Lipinski definition) is 2. The van der Waals surface area contributed by atoms with Crippen LogP contribution in [0.1, 0.15) is 18.1 Å². The van der Waals surface area contributed by atoms with Crippen LogP contribution in [0.15, 0.2) is 46.7 Å². The first-order chi connectivity index (χ1) is 11.0. The highest BCUT2D eigenvalue weighted by atomic mass is 32.1. The predicted molar refractivity (Wildman–Crippen MR) is 94.8 cm³/mol. The summed E-state index contributed by atoms with van der Waals surface area (Å²) in [6, 6.07) is 7.67. The average molecular weight is 325 g/mol. The summed E-state index contributed by atoms with van der Waals surface area (Å²) in [4.78, 5) is 19.3. The molecule has 1 aliphatic heterocycles. The zero-order valence-corrected chi connectivity index (χ0v) is 13.4. The van der Waals surface area contributed by atoms with E-state index in [-0.39, 0.29) is 16.2 Å². The second-order valence-electron chi connectivity index (χ2n) is 5.17. The van der Waals surface area contributed by atoms with Crippen molar-refractivity contribution in [1.82, 2.24) is 9.55 Å². The highest BCUT2D eigenvalue weighted by molar-refractivity contribution is 7.71. The predicted octanol–water partition coefficient (Wildman–Crippen LogP) is 3.44. The Bertz CT molecular complexity index is 980. The molecule has 0 spiro atoms. The van der Waals surface area contributed by atoms with E-state index < -0.39 is 5.56 Å². The molecule has 0 aliphatic carbocycles. The maximum Gasteiger partial charge on any atom is 0.262 e. The molecule has 0 saturated heterocycles. The second-order valence-corrected chi connectivity index (χ2v) is 5.55. The number of para-hydroxylation sites is 1. The molecule has 0 saturated carbocycles. The fraction of sp³-hybridized carbons (Fsp3) is 0.118. The van der Waals surface area contributed by atoms with Crippen LogP contribution in [-0.4, -0.2) is 20.4 Å². The molecule has 2 heterocycles. The number of nitrogens with one attached hydrogen (secondary N) is 1. The fourth-order valence-corrected chi connectivity index (χ4v) is 2.82. The third-order valence-corrected chi connectivity index (χ3v) is 4.00.